The predicted octanol–water partition coefficient (Wildman–Crippen LogP) is 3.46. The van der Waals surface area contributed by atoms with Crippen molar-refractivity contribution >= 4 is 16.3 Å². The SMILES string of the molecule is COc1nc2sccn2c1CNC1CCCCCC1C. The van der Waals surface area contributed by atoms with E-state index in [0.29, 0.717) is 6.04 Å². The molecule has 20 heavy (non-hydrogen) atoms. The van der Waals surface area contributed by atoms with Crippen molar-refractivity contribution in [3.63, 3.8) is 0 Å². The summed E-state index contributed by atoms with van der Waals surface area (Å²) in [6.45, 7) is 3.20. The summed E-state index contributed by atoms with van der Waals surface area (Å²) in [5, 5.41) is 5.80. The Hall–Kier alpha value is -1.07. The predicted molar refractivity (Wildman–Crippen MR) is 82.5 cm³/mol. The zero-order valence-electron chi connectivity index (χ0n) is 12.3. The number of nitrogens with zero attached hydrogens (tertiary/aromatic N) is 2. The molecular formula is C15H23N3OS. The van der Waals surface area contributed by atoms with Crippen LogP contribution in [0.3, 0.4) is 0 Å². The first-order valence-electron chi connectivity index (χ1n) is 7.51. The minimum atomic E-state index is 0.617. The number of ether oxygens (including phenoxy) is 1. The summed E-state index contributed by atoms with van der Waals surface area (Å²) in [5.74, 6) is 1.51. The first-order valence-corrected chi connectivity index (χ1v) is 8.39. The number of nitrogens with one attached hydrogen (secondary N) is 1. The zero-order chi connectivity index (χ0) is 13.9. The van der Waals surface area contributed by atoms with Crippen LogP contribution in [0.1, 0.15) is 44.7 Å². The number of hydrogen-bond donors (Lipinski definition) is 1. The maximum Gasteiger partial charge on any atom is 0.237 e. The molecule has 0 aliphatic heterocycles. The number of thiazole rings is 1. The highest BCUT2D eigenvalue weighted by molar-refractivity contribution is 7.15. The number of fused-ring (bicyclic) bond motifs is 1. The summed E-state index contributed by atoms with van der Waals surface area (Å²) >= 11 is 1.65. The Morgan fingerprint density at radius 2 is 2.25 bits per heavy atom. The lowest BCUT2D eigenvalue weighted by atomic mass is 9.97. The van der Waals surface area contributed by atoms with E-state index >= 15 is 0 Å². The number of imidazole rings is 1. The molecule has 1 fully saturated rings. The molecule has 0 saturated heterocycles. The lowest BCUT2D eigenvalue weighted by molar-refractivity contribution is 0.346. The van der Waals surface area contributed by atoms with Gasteiger partial charge in [-0.1, -0.05) is 26.2 Å². The van der Waals surface area contributed by atoms with Crippen LogP contribution in [0.25, 0.3) is 4.96 Å². The summed E-state index contributed by atoms with van der Waals surface area (Å²) < 4.78 is 7.55. The molecule has 1 N–H and O–H groups in total. The molecule has 4 nitrogen and oxygen atoms in total. The van der Waals surface area contributed by atoms with Crippen LogP contribution < -0.4 is 10.1 Å². The average Bonchev–Trinajstić information content (AvgIpc) is 2.96. The van der Waals surface area contributed by atoms with Crippen LogP contribution in [0.5, 0.6) is 5.88 Å². The minimum Gasteiger partial charge on any atom is -0.480 e. The number of rotatable bonds is 4. The van der Waals surface area contributed by atoms with Crippen LogP contribution in [0, 0.1) is 5.92 Å². The smallest absolute Gasteiger partial charge is 0.237 e. The Morgan fingerprint density at radius 3 is 3.10 bits per heavy atom. The second-order valence-electron chi connectivity index (χ2n) is 5.73. The van der Waals surface area contributed by atoms with E-state index in [9.17, 15) is 0 Å². The van der Waals surface area contributed by atoms with Crippen LogP contribution >= 0.6 is 11.3 Å². The maximum atomic E-state index is 5.41. The van der Waals surface area contributed by atoms with Gasteiger partial charge in [0.1, 0.15) is 5.69 Å². The highest BCUT2D eigenvalue weighted by atomic mass is 32.1. The Morgan fingerprint density at radius 1 is 1.40 bits per heavy atom. The normalized spacial score (nSPS) is 23.9. The van der Waals surface area contributed by atoms with Gasteiger partial charge in [-0.05, 0) is 18.8 Å². The van der Waals surface area contributed by atoms with Gasteiger partial charge in [0.25, 0.3) is 0 Å². The third-order valence-electron chi connectivity index (χ3n) is 4.41. The number of hydrogen-bond acceptors (Lipinski definition) is 4. The van der Waals surface area contributed by atoms with Crippen molar-refractivity contribution in [2.45, 2.75) is 51.6 Å². The van der Waals surface area contributed by atoms with Crippen molar-refractivity contribution < 1.29 is 4.74 Å². The van der Waals surface area contributed by atoms with Crippen LogP contribution in [0.4, 0.5) is 0 Å². The summed E-state index contributed by atoms with van der Waals surface area (Å²) in [6.07, 6.45) is 8.81. The molecule has 110 valence electrons. The fourth-order valence-corrected chi connectivity index (χ4v) is 3.89. The molecule has 0 spiro atoms. The van der Waals surface area contributed by atoms with Crippen molar-refractivity contribution in [1.29, 1.82) is 0 Å². The molecule has 2 unspecified atom stereocenters. The Labute approximate surface area is 124 Å². The minimum absolute atomic E-state index is 0.617. The van der Waals surface area contributed by atoms with Gasteiger partial charge >= 0.3 is 0 Å². The average molecular weight is 293 g/mol. The van der Waals surface area contributed by atoms with E-state index in [4.69, 9.17) is 4.74 Å². The topological polar surface area (TPSA) is 38.6 Å². The van der Waals surface area contributed by atoms with Gasteiger partial charge in [-0.25, -0.2) is 0 Å². The van der Waals surface area contributed by atoms with Gasteiger partial charge in [0.2, 0.25) is 5.88 Å². The standard InChI is InChI=1S/C15H23N3OS/c1-11-6-4-3-5-7-12(11)16-10-13-14(19-2)17-15-18(13)8-9-20-15/h8-9,11-12,16H,3-7,10H2,1-2H3. The van der Waals surface area contributed by atoms with E-state index in [0.717, 1.165) is 29.0 Å². The van der Waals surface area contributed by atoms with E-state index in [1.807, 2.05) is 0 Å². The van der Waals surface area contributed by atoms with E-state index in [2.05, 4.69) is 33.2 Å². The molecule has 3 rings (SSSR count). The maximum absolute atomic E-state index is 5.41. The molecular weight excluding hydrogens is 270 g/mol. The molecule has 1 aliphatic carbocycles. The molecule has 1 saturated carbocycles. The second-order valence-corrected chi connectivity index (χ2v) is 6.60. The quantitative estimate of drug-likeness (QED) is 0.877. The molecule has 0 amide bonds. The van der Waals surface area contributed by atoms with Crippen molar-refractivity contribution in [2.24, 2.45) is 5.92 Å². The van der Waals surface area contributed by atoms with Gasteiger partial charge in [-0.15, -0.1) is 11.3 Å². The first kappa shape index (κ1) is 13.9. The van der Waals surface area contributed by atoms with Gasteiger partial charge in [0, 0.05) is 24.2 Å². The van der Waals surface area contributed by atoms with Gasteiger partial charge in [-0.3, -0.25) is 4.40 Å². The van der Waals surface area contributed by atoms with E-state index in [1.54, 1.807) is 18.4 Å². The highest BCUT2D eigenvalue weighted by Crippen LogP contribution is 2.26. The molecule has 0 aromatic carbocycles. The molecule has 0 bridgehead atoms. The monoisotopic (exact) mass is 293 g/mol. The van der Waals surface area contributed by atoms with Crippen molar-refractivity contribution in [3.05, 3.63) is 17.3 Å². The summed E-state index contributed by atoms with van der Waals surface area (Å²) in [7, 11) is 1.70. The highest BCUT2D eigenvalue weighted by Gasteiger charge is 2.21. The number of methoxy groups -OCH3 is 1. The first-order chi connectivity index (χ1) is 9.79. The molecule has 2 aromatic rings. The van der Waals surface area contributed by atoms with E-state index in [1.165, 1.54) is 32.1 Å². The van der Waals surface area contributed by atoms with Crippen LogP contribution in [0.15, 0.2) is 11.6 Å². The molecule has 0 radical (unpaired) electrons. The third-order valence-corrected chi connectivity index (χ3v) is 5.17. The largest absolute Gasteiger partial charge is 0.480 e. The fraction of sp³-hybridized carbons (Fsp3) is 0.667. The van der Waals surface area contributed by atoms with Gasteiger partial charge in [0.05, 0.1) is 7.11 Å². The van der Waals surface area contributed by atoms with Crippen molar-refractivity contribution in [2.75, 3.05) is 7.11 Å². The zero-order valence-corrected chi connectivity index (χ0v) is 13.1. The lowest BCUT2D eigenvalue weighted by Crippen LogP contribution is -2.34. The van der Waals surface area contributed by atoms with Gasteiger partial charge in [-0.2, -0.15) is 4.98 Å². The fourth-order valence-electron chi connectivity index (χ4n) is 3.16. The van der Waals surface area contributed by atoms with Crippen LogP contribution in [0.2, 0.25) is 0 Å². The molecule has 5 heteroatoms. The van der Waals surface area contributed by atoms with E-state index in [-0.39, 0.29) is 0 Å². The second kappa shape index (κ2) is 6.14. The lowest BCUT2D eigenvalue weighted by Gasteiger charge is -2.22. The number of aromatic nitrogens is 2. The van der Waals surface area contributed by atoms with E-state index < -0.39 is 0 Å². The summed E-state index contributed by atoms with van der Waals surface area (Å²) in [5.41, 5.74) is 1.14. The Balaban J connectivity index is 1.73. The molecule has 2 heterocycles. The van der Waals surface area contributed by atoms with Crippen molar-refractivity contribution in [1.82, 2.24) is 14.7 Å². The Kier molecular flexibility index (Phi) is 4.27. The third kappa shape index (κ3) is 2.69. The Bertz CT molecular complexity index is 562. The van der Waals surface area contributed by atoms with Crippen molar-refractivity contribution in [3.8, 4) is 5.88 Å². The van der Waals surface area contributed by atoms with Crippen LogP contribution in [-0.4, -0.2) is 22.5 Å². The molecule has 1 aliphatic rings. The molecule has 2 atom stereocenters. The van der Waals surface area contributed by atoms with Crippen LogP contribution in [-0.2, 0) is 6.54 Å². The summed E-state index contributed by atoms with van der Waals surface area (Å²) in [4.78, 5) is 5.52. The van der Waals surface area contributed by atoms with Gasteiger partial charge < -0.3 is 10.1 Å². The summed E-state index contributed by atoms with van der Waals surface area (Å²) in [6, 6.07) is 0.617. The molecule has 2 aromatic heterocycles. The van der Waals surface area contributed by atoms with Gasteiger partial charge in [0.15, 0.2) is 4.96 Å².